The van der Waals surface area contributed by atoms with Gasteiger partial charge in [-0.1, -0.05) is 26.7 Å². The molecule has 1 N–H and O–H groups in total. The first kappa shape index (κ1) is 15.3. The Morgan fingerprint density at radius 3 is 2.70 bits per heavy atom. The van der Waals surface area contributed by atoms with E-state index in [0.717, 1.165) is 6.42 Å². The topological polar surface area (TPSA) is 59.9 Å². The van der Waals surface area contributed by atoms with Crippen LogP contribution in [0.15, 0.2) is 0 Å². The van der Waals surface area contributed by atoms with Crippen LogP contribution in [0.2, 0.25) is 5.28 Å². The van der Waals surface area contributed by atoms with Gasteiger partial charge in [0.1, 0.15) is 0 Å². The molecule has 6 heteroatoms. The van der Waals surface area contributed by atoms with Crippen molar-refractivity contribution in [2.24, 2.45) is 11.8 Å². The van der Waals surface area contributed by atoms with Gasteiger partial charge in [0.25, 0.3) is 0 Å². The molecule has 0 bridgehead atoms. The Morgan fingerprint density at radius 2 is 2.00 bits per heavy atom. The molecule has 1 saturated carbocycles. The lowest BCUT2D eigenvalue weighted by atomic mass is 9.78. The van der Waals surface area contributed by atoms with E-state index in [4.69, 9.17) is 16.3 Å². The van der Waals surface area contributed by atoms with Crippen LogP contribution in [-0.2, 0) is 0 Å². The van der Waals surface area contributed by atoms with Crippen molar-refractivity contribution in [1.82, 2.24) is 15.0 Å². The molecule has 112 valence electrons. The maximum absolute atomic E-state index is 5.92. The molecular formula is C14H23ClN4O. The molecule has 0 aromatic carbocycles. The highest BCUT2D eigenvalue weighted by molar-refractivity contribution is 6.28. The van der Waals surface area contributed by atoms with Crippen molar-refractivity contribution in [3.8, 4) is 6.01 Å². The van der Waals surface area contributed by atoms with E-state index >= 15 is 0 Å². The van der Waals surface area contributed by atoms with Gasteiger partial charge >= 0.3 is 6.01 Å². The molecule has 0 spiro atoms. The molecule has 2 rings (SSSR count). The van der Waals surface area contributed by atoms with Gasteiger partial charge in [0, 0.05) is 6.04 Å². The summed E-state index contributed by atoms with van der Waals surface area (Å²) in [6.45, 7) is 6.95. The molecule has 1 aromatic rings. The summed E-state index contributed by atoms with van der Waals surface area (Å²) in [6.07, 6.45) is 4.96. The van der Waals surface area contributed by atoms with Gasteiger partial charge in [-0.3, -0.25) is 0 Å². The fourth-order valence-electron chi connectivity index (χ4n) is 2.89. The summed E-state index contributed by atoms with van der Waals surface area (Å²) in [5, 5.41) is 3.59. The van der Waals surface area contributed by atoms with E-state index in [1.165, 1.54) is 19.3 Å². The lowest BCUT2D eigenvalue weighted by Crippen LogP contribution is -2.35. The predicted octanol–water partition coefficient (Wildman–Crippen LogP) is 3.55. The lowest BCUT2D eigenvalue weighted by molar-refractivity contribution is 0.252. The van der Waals surface area contributed by atoms with E-state index in [0.29, 0.717) is 30.4 Å². The first-order valence-corrected chi connectivity index (χ1v) is 7.79. The standard InChI is InChI=1S/C14H23ClN4O/c1-4-20-14-18-12(15)17-13(19-14)16-11-8-6-5-7-10(11)9(2)3/h9-11H,4-8H2,1-3H3,(H,16,17,18,19). The number of hydrogen-bond acceptors (Lipinski definition) is 5. The number of halogens is 1. The SMILES string of the molecule is CCOc1nc(Cl)nc(NC2CCCCC2C(C)C)n1. The number of ether oxygens (including phenoxy) is 1. The van der Waals surface area contributed by atoms with Crippen LogP contribution in [0.25, 0.3) is 0 Å². The van der Waals surface area contributed by atoms with Crippen molar-refractivity contribution in [2.45, 2.75) is 52.5 Å². The maximum atomic E-state index is 5.92. The monoisotopic (exact) mass is 298 g/mol. The highest BCUT2D eigenvalue weighted by Gasteiger charge is 2.28. The molecule has 1 heterocycles. The summed E-state index contributed by atoms with van der Waals surface area (Å²) >= 11 is 5.92. The van der Waals surface area contributed by atoms with E-state index in [9.17, 15) is 0 Å². The molecule has 0 amide bonds. The van der Waals surface area contributed by atoms with Crippen LogP contribution in [-0.4, -0.2) is 27.6 Å². The van der Waals surface area contributed by atoms with Crippen molar-refractivity contribution in [3.63, 3.8) is 0 Å². The Kier molecular flexibility index (Phi) is 5.40. The molecule has 0 saturated heterocycles. The first-order valence-electron chi connectivity index (χ1n) is 7.41. The Bertz CT molecular complexity index is 441. The normalized spacial score (nSPS) is 22.9. The van der Waals surface area contributed by atoms with Gasteiger partial charge in [0.15, 0.2) is 0 Å². The predicted molar refractivity (Wildman–Crippen MR) is 80.2 cm³/mol. The van der Waals surface area contributed by atoms with Gasteiger partial charge in [-0.25, -0.2) is 0 Å². The maximum Gasteiger partial charge on any atom is 0.322 e. The summed E-state index contributed by atoms with van der Waals surface area (Å²) in [5.41, 5.74) is 0. The molecule has 1 fully saturated rings. The Morgan fingerprint density at radius 1 is 1.25 bits per heavy atom. The van der Waals surface area contributed by atoms with Gasteiger partial charge < -0.3 is 10.1 Å². The minimum absolute atomic E-state index is 0.169. The quantitative estimate of drug-likeness (QED) is 0.901. The highest BCUT2D eigenvalue weighted by atomic mass is 35.5. The zero-order valence-corrected chi connectivity index (χ0v) is 13.2. The van der Waals surface area contributed by atoms with Gasteiger partial charge in [-0.2, -0.15) is 15.0 Å². The van der Waals surface area contributed by atoms with E-state index in [1.807, 2.05) is 6.92 Å². The third kappa shape index (κ3) is 3.95. The second-order valence-electron chi connectivity index (χ2n) is 5.59. The molecule has 0 radical (unpaired) electrons. The summed E-state index contributed by atoms with van der Waals surface area (Å²) in [5.74, 6) is 1.82. The third-order valence-electron chi connectivity index (χ3n) is 3.85. The molecule has 0 aliphatic heterocycles. The minimum Gasteiger partial charge on any atom is -0.464 e. The molecular weight excluding hydrogens is 276 g/mol. The lowest BCUT2D eigenvalue weighted by Gasteiger charge is -2.34. The Hall–Kier alpha value is -1.10. The van der Waals surface area contributed by atoms with Gasteiger partial charge in [0.05, 0.1) is 6.61 Å². The third-order valence-corrected chi connectivity index (χ3v) is 4.02. The van der Waals surface area contributed by atoms with Crippen molar-refractivity contribution < 1.29 is 4.74 Å². The number of anilines is 1. The molecule has 1 aromatic heterocycles. The van der Waals surface area contributed by atoms with Crippen LogP contribution in [0, 0.1) is 11.8 Å². The average Bonchev–Trinajstić information content (AvgIpc) is 2.38. The number of nitrogens with zero attached hydrogens (tertiary/aromatic N) is 3. The number of hydrogen-bond donors (Lipinski definition) is 1. The van der Waals surface area contributed by atoms with Crippen LogP contribution in [0.5, 0.6) is 6.01 Å². The van der Waals surface area contributed by atoms with E-state index in [1.54, 1.807) is 0 Å². The van der Waals surface area contributed by atoms with Crippen LogP contribution in [0.1, 0.15) is 46.5 Å². The molecule has 2 unspecified atom stereocenters. The molecule has 1 aliphatic rings. The van der Waals surface area contributed by atoms with Crippen LogP contribution < -0.4 is 10.1 Å². The van der Waals surface area contributed by atoms with E-state index in [-0.39, 0.29) is 11.3 Å². The molecule has 2 atom stereocenters. The van der Waals surface area contributed by atoms with Crippen LogP contribution in [0.4, 0.5) is 5.95 Å². The Balaban J connectivity index is 2.11. The Labute approximate surface area is 125 Å². The summed E-state index contributed by atoms with van der Waals surface area (Å²) in [7, 11) is 0. The van der Waals surface area contributed by atoms with Crippen LogP contribution >= 0.6 is 11.6 Å². The summed E-state index contributed by atoms with van der Waals surface area (Å²) in [4.78, 5) is 12.4. The summed E-state index contributed by atoms with van der Waals surface area (Å²) in [6, 6.07) is 0.684. The smallest absolute Gasteiger partial charge is 0.322 e. The van der Waals surface area contributed by atoms with Crippen molar-refractivity contribution in [1.29, 1.82) is 0 Å². The second kappa shape index (κ2) is 7.07. The number of aromatic nitrogens is 3. The molecule has 20 heavy (non-hydrogen) atoms. The van der Waals surface area contributed by atoms with Gasteiger partial charge in [-0.05, 0) is 43.2 Å². The number of rotatable bonds is 5. The second-order valence-corrected chi connectivity index (χ2v) is 5.92. The highest BCUT2D eigenvalue weighted by Crippen LogP contribution is 2.32. The first-order chi connectivity index (χ1) is 9.60. The van der Waals surface area contributed by atoms with Crippen molar-refractivity contribution in [2.75, 3.05) is 11.9 Å². The summed E-state index contributed by atoms with van der Waals surface area (Å²) < 4.78 is 5.30. The zero-order valence-electron chi connectivity index (χ0n) is 12.4. The fourth-order valence-corrected chi connectivity index (χ4v) is 3.04. The van der Waals surface area contributed by atoms with Crippen molar-refractivity contribution in [3.05, 3.63) is 5.28 Å². The largest absolute Gasteiger partial charge is 0.464 e. The number of nitrogens with one attached hydrogen (secondary N) is 1. The molecule has 5 nitrogen and oxygen atoms in total. The van der Waals surface area contributed by atoms with Crippen molar-refractivity contribution >= 4 is 17.5 Å². The van der Waals surface area contributed by atoms with E-state index in [2.05, 4.69) is 34.1 Å². The minimum atomic E-state index is 0.169. The molecule has 1 aliphatic carbocycles. The van der Waals surface area contributed by atoms with Gasteiger partial charge in [-0.15, -0.1) is 0 Å². The van der Waals surface area contributed by atoms with Gasteiger partial charge in [0.2, 0.25) is 11.2 Å². The zero-order chi connectivity index (χ0) is 14.5. The van der Waals surface area contributed by atoms with E-state index < -0.39 is 0 Å². The average molecular weight is 299 g/mol. The van der Waals surface area contributed by atoms with Crippen LogP contribution in [0.3, 0.4) is 0 Å². The fraction of sp³-hybridized carbons (Fsp3) is 0.786.